The van der Waals surface area contributed by atoms with E-state index in [9.17, 15) is 14.9 Å². The summed E-state index contributed by atoms with van der Waals surface area (Å²) in [4.78, 5) is 35.0. The van der Waals surface area contributed by atoms with Crippen molar-refractivity contribution in [2.45, 2.75) is 6.92 Å². The van der Waals surface area contributed by atoms with Crippen LogP contribution in [0.4, 0.5) is 11.4 Å². The summed E-state index contributed by atoms with van der Waals surface area (Å²) in [6.07, 6.45) is 0. The number of aryl methyl sites for hydroxylation is 1. The first-order valence-electron chi connectivity index (χ1n) is 12.8. The Balaban J connectivity index is 1.23. The Labute approximate surface area is 218 Å². The van der Waals surface area contributed by atoms with Crippen molar-refractivity contribution >= 4 is 23.2 Å². The molecule has 2 aliphatic rings. The molecule has 188 valence electrons. The lowest BCUT2D eigenvalue weighted by atomic mass is 10.0. The Morgan fingerprint density at radius 1 is 0.703 bits per heavy atom. The average molecular weight is 494 g/mol. The molecule has 2 fully saturated rings. The van der Waals surface area contributed by atoms with Crippen LogP contribution >= 0.6 is 0 Å². The zero-order valence-electron chi connectivity index (χ0n) is 21.1. The molecule has 7 nitrogen and oxygen atoms in total. The van der Waals surface area contributed by atoms with Gasteiger partial charge in [-0.1, -0.05) is 36.4 Å². The van der Waals surface area contributed by atoms with E-state index in [1.807, 2.05) is 71.3 Å². The minimum absolute atomic E-state index is 0.0159. The van der Waals surface area contributed by atoms with E-state index < -0.39 is 0 Å². The molecule has 0 saturated carbocycles. The first kappa shape index (κ1) is 24.4. The fraction of sp³-hybridized carbons (Fsp3) is 0.300. The summed E-state index contributed by atoms with van der Waals surface area (Å²) in [7, 11) is 0. The van der Waals surface area contributed by atoms with Crippen molar-refractivity contribution in [1.82, 2.24) is 9.80 Å². The van der Waals surface area contributed by atoms with Gasteiger partial charge in [0.25, 0.3) is 11.8 Å². The summed E-state index contributed by atoms with van der Waals surface area (Å²) in [5, 5.41) is 9.42. The molecule has 0 unspecified atom stereocenters. The van der Waals surface area contributed by atoms with Gasteiger partial charge in [-0.25, -0.2) is 0 Å². The maximum atomic E-state index is 13.4. The molecule has 3 aromatic carbocycles. The van der Waals surface area contributed by atoms with Crippen molar-refractivity contribution in [1.29, 1.82) is 5.26 Å². The topological polar surface area (TPSA) is 70.9 Å². The second-order valence-electron chi connectivity index (χ2n) is 9.55. The highest BCUT2D eigenvalue weighted by atomic mass is 16.2. The SMILES string of the molecule is Cc1ccc(C(=O)N2CCN(c3ccccc3C#N)CC2)cc1C(=O)N1CCN(c2ccccc2)CC1. The first-order valence-corrected chi connectivity index (χ1v) is 12.8. The standard InChI is InChI=1S/C30H31N5O2/c1-23-11-12-24(29(36)34-19-15-33(16-20-34)28-10-6-5-7-25(28)22-31)21-27(23)30(37)35-17-13-32(14-18-35)26-8-3-2-4-9-26/h2-12,21H,13-20H2,1H3. The minimum atomic E-state index is -0.0591. The van der Waals surface area contributed by atoms with Crippen LogP contribution in [0.2, 0.25) is 0 Å². The molecule has 3 aromatic rings. The van der Waals surface area contributed by atoms with Crippen molar-refractivity contribution in [3.05, 3.63) is 95.1 Å². The van der Waals surface area contributed by atoms with E-state index in [1.54, 1.807) is 6.07 Å². The van der Waals surface area contributed by atoms with Crippen molar-refractivity contribution in [2.75, 3.05) is 62.2 Å². The summed E-state index contributed by atoms with van der Waals surface area (Å²) in [5.74, 6) is -0.0750. The van der Waals surface area contributed by atoms with Gasteiger partial charge in [-0.15, -0.1) is 0 Å². The number of para-hydroxylation sites is 2. The Morgan fingerprint density at radius 2 is 1.30 bits per heavy atom. The number of amides is 2. The average Bonchev–Trinajstić information content (AvgIpc) is 2.97. The number of anilines is 2. The molecule has 2 heterocycles. The van der Waals surface area contributed by atoms with Gasteiger partial charge in [-0.2, -0.15) is 5.26 Å². The van der Waals surface area contributed by atoms with Crippen LogP contribution < -0.4 is 9.80 Å². The second-order valence-corrected chi connectivity index (χ2v) is 9.55. The molecule has 2 amide bonds. The van der Waals surface area contributed by atoms with Crippen LogP contribution in [0.25, 0.3) is 0 Å². The predicted molar refractivity (Wildman–Crippen MR) is 145 cm³/mol. The molecule has 0 spiro atoms. The van der Waals surface area contributed by atoms with E-state index in [2.05, 4.69) is 28.0 Å². The summed E-state index contributed by atoms with van der Waals surface area (Å²) in [6, 6.07) is 25.5. The number of piperazine rings is 2. The van der Waals surface area contributed by atoms with Crippen molar-refractivity contribution in [3.8, 4) is 6.07 Å². The molecule has 37 heavy (non-hydrogen) atoms. The summed E-state index contributed by atoms with van der Waals surface area (Å²) in [5.41, 5.74) is 4.75. The van der Waals surface area contributed by atoms with E-state index in [0.29, 0.717) is 56.0 Å². The van der Waals surface area contributed by atoms with Gasteiger partial charge in [-0.3, -0.25) is 9.59 Å². The highest BCUT2D eigenvalue weighted by molar-refractivity contribution is 6.00. The zero-order valence-corrected chi connectivity index (χ0v) is 21.1. The quantitative estimate of drug-likeness (QED) is 0.553. The molecule has 2 saturated heterocycles. The third-order valence-corrected chi connectivity index (χ3v) is 7.34. The van der Waals surface area contributed by atoms with E-state index in [0.717, 1.165) is 24.3 Å². The van der Waals surface area contributed by atoms with Crippen molar-refractivity contribution in [2.24, 2.45) is 0 Å². The fourth-order valence-electron chi connectivity index (χ4n) is 5.14. The Bertz CT molecular complexity index is 1320. The van der Waals surface area contributed by atoms with Crippen LogP contribution in [0.3, 0.4) is 0 Å². The molecule has 7 heteroatoms. The smallest absolute Gasteiger partial charge is 0.254 e. The molecule has 0 radical (unpaired) electrons. The molecule has 0 aliphatic carbocycles. The Morgan fingerprint density at radius 3 is 1.97 bits per heavy atom. The van der Waals surface area contributed by atoms with Gasteiger partial charge in [0.1, 0.15) is 6.07 Å². The number of carbonyl (C=O) groups excluding carboxylic acids is 2. The van der Waals surface area contributed by atoms with E-state index in [1.165, 1.54) is 5.69 Å². The summed E-state index contributed by atoms with van der Waals surface area (Å²) >= 11 is 0. The van der Waals surface area contributed by atoms with E-state index in [-0.39, 0.29) is 11.8 Å². The van der Waals surface area contributed by atoms with Gasteiger partial charge in [-0.05, 0) is 48.9 Å². The van der Waals surface area contributed by atoms with Gasteiger partial charge in [0.05, 0.1) is 11.3 Å². The molecule has 2 aliphatic heterocycles. The van der Waals surface area contributed by atoms with Gasteiger partial charge in [0, 0.05) is 69.2 Å². The lowest BCUT2D eigenvalue weighted by Gasteiger charge is -2.37. The fourth-order valence-corrected chi connectivity index (χ4v) is 5.14. The maximum Gasteiger partial charge on any atom is 0.254 e. The number of carbonyl (C=O) groups is 2. The molecule has 0 bridgehead atoms. The lowest BCUT2D eigenvalue weighted by molar-refractivity contribution is 0.0744. The largest absolute Gasteiger partial charge is 0.368 e. The molecular formula is C30H31N5O2. The number of hydrogen-bond donors (Lipinski definition) is 0. The van der Waals surface area contributed by atoms with Crippen LogP contribution in [0.15, 0.2) is 72.8 Å². The number of hydrogen-bond acceptors (Lipinski definition) is 5. The third-order valence-electron chi connectivity index (χ3n) is 7.34. The van der Waals surface area contributed by atoms with Gasteiger partial charge >= 0.3 is 0 Å². The first-order chi connectivity index (χ1) is 18.0. The molecule has 0 aromatic heterocycles. The molecule has 0 atom stereocenters. The lowest BCUT2D eigenvalue weighted by Crippen LogP contribution is -2.49. The highest BCUT2D eigenvalue weighted by Crippen LogP contribution is 2.23. The van der Waals surface area contributed by atoms with Crippen molar-refractivity contribution < 1.29 is 9.59 Å². The predicted octanol–water partition coefficient (Wildman–Crippen LogP) is 3.79. The van der Waals surface area contributed by atoms with E-state index in [4.69, 9.17) is 0 Å². The summed E-state index contributed by atoms with van der Waals surface area (Å²) < 4.78 is 0. The highest BCUT2D eigenvalue weighted by Gasteiger charge is 2.27. The van der Waals surface area contributed by atoms with Crippen molar-refractivity contribution in [3.63, 3.8) is 0 Å². The minimum Gasteiger partial charge on any atom is -0.368 e. The maximum absolute atomic E-state index is 13.4. The monoisotopic (exact) mass is 493 g/mol. The normalized spacial score (nSPS) is 15.9. The van der Waals surface area contributed by atoms with Crippen LogP contribution in [0.1, 0.15) is 31.8 Å². The zero-order chi connectivity index (χ0) is 25.8. The second kappa shape index (κ2) is 10.8. The number of rotatable bonds is 4. The molecular weight excluding hydrogens is 462 g/mol. The van der Waals surface area contributed by atoms with E-state index >= 15 is 0 Å². The van der Waals surface area contributed by atoms with Crippen LogP contribution in [-0.2, 0) is 0 Å². The number of benzene rings is 3. The van der Waals surface area contributed by atoms with Gasteiger partial charge < -0.3 is 19.6 Å². The third kappa shape index (κ3) is 5.14. The van der Waals surface area contributed by atoms with Gasteiger partial charge in [0.15, 0.2) is 0 Å². The van der Waals surface area contributed by atoms with Crippen LogP contribution in [0, 0.1) is 18.3 Å². The Kier molecular flexibility index (Phi) is 7.09. The Hall–Kier alpha value is -4.31. The van der Waals surface area contributed by atoms with Gasteiger partial charge in [0.2, 0.25) is 0 Å². The number of nitrogens with zero attached hydrogens (tertiary/aromatic N) is 5. The summed E-state index contributed by atoms with van der Waals surface area (Å²) in [6.45, 7) is 7.25. The van der Waals surface area contributed by atoms with Crippen LogP contribution in [-0.4, -0.2) is 74.0 Å². The van der Waals surface area contributed by atoms with Crippen LogP contribution in [0.5, 0.6) is 0 Å². The molecule has 0 N–H and O–H groups in total. The number of nitriles is 1. The molecule has 5 rings (SSSR count).